The van der Waals surface area contributed by atoms with E-state index >= 15 is 0 Å². The average molecular weight is 488 g/mol. The van der Waals surface area contributed by atoms with Gasteiger partial charge in [-0.25, -0.2) is 22.3 Å². The molecule has 0 aliphatic carbocycles. The second kappa shape index (κ2) is 8.15. The zero-order valence-corrected chi connectivity index (χ0v) is 19.0. The number of hydroxylamine groups is 1. The first-order valence-electron chi connectivity index (χ1n) is 9.38. The quantitative estimate of drug-likeness (QED) is 0.463. The summed E-state index contributed by atoms with van der Waals surface area (Å²) in [6, 6.07) is 7.47. The van der Waals surface area contributed by atoms with Gasteiger partial charge in [0.15, 0.2) is 0 Å². The van der Waals surface area contributed by atoms with Gasteiger partial charge in [-0.15, -0.1) is 11.3 Å². The van der Waals surface area contributed by atoms with Crippen molar-refractivity contribution in [2.24, 2.45) is 0 Å². The van der Waals surface area contributed by atoms with Crippen LogP contribution in [0.4, 0.5) is 0 Å². The summed E-state index contributed by atoms with van der Waals surface area (Å²) in [5.41, 5.74) is 3.37. The van der Waals surface area contributed by atoms with Crippen LogP contribution in [-0.4, -0.2) is 75.1 Å². The molecule has 1 aromatic heterocycles. The second-order valence-electron chi connectivity index (χ2n) is 7.27. The molecule has 168 valence electrons. The van der Waals surface area contributed by atoms with E-state index in [9.17, 15) is 21.6 Å². The van der Waals surface area contributed by atoms with Crippen LogP contribution in [-0.2, 0) is 31.3 Å². The summed E-state index contributed by atoms with van der Waals surface area (Å²) in [7, 11) is -7.73. The Morgan fingerprint density at radius 1 is 1.19 bits per heavy atom. The van der Waals surface area contributed by atoms with E-state index in [2.05, 4.69) is 0 Å². The van der Waals surface area contributed by atoms with Gasteiger partial charge in [-0.2, -0.15) is 8.61 Å². The van der Waals surface area contributed by atoms with Crippen molar-refractivity contribution < 1.29 is 31.6 Å². The molecule has 0 unspecified atom stereocenters. The molecule has 2 aliphatic heterocycles. The lowest BCUT2D eigenvalue weighted by Gasteiger charge is -2.37. The highest BCUT2D eigenvalue weighted by Crippen LogP contribution is 2.36. The summed E-state index contributed by atoms with van der Waals surface area (Å²) < 4.78 is 57.8. The number of piperazine rings is 1. The Balaban J connectivity index is 1.64. The molecule has 3 heterocycles. The van der Waals surface area contributed by atoms with Crippen LogP contribution in [0.1, 0.15) is 5.56 Å². The highest BCUT2D eigenvalue weighted by Gasteiger charge is 2.42. The van der Waals surface area contributed by atoms with E-state index in [4.69, 9.17) is 9.94 Å². The summed E-state index contributed by atoms with van der Waals surface area (Å²) >= 11 is 1.06. The van der Waals surface area contributed by atoms with E-state index < -0.39 is 32.0 Å². The molecule has 10 nitrogen and oxygen atoms in total. The van der Waals surface area contributed by atoms with Gasteiger partial charge in [-0.05, 0) is 41.5 Å². The third-order valence-electron chi connectivity index (χ3n) is 5.29. The van der Waals surface area contributed by atoms with Crippen LogP contribution in [0.2, 0.25) is 0 Å². The summed E-state index contributed by atoms with van der Waals surface area (Å²) in [5.74, 6) is -0.165. The van der Waals surface area contributed by atoms with Crippen molar-refractivity contribution in [1.29, 1.82) is 0 Å². The maximum Gasteiger partial charge on any atom is 0.263 e. The van der Waals surface area contributed by atoms with Gasteiger partial charge in [0.25, 0.3) is 15.9 Å². The Morgan fingerprint density at radius 2 is 1.97 bits per heavy atom. The van der Waals surface area contributed by atoms with E-state index in [1.807, 2.05) is 18.2 Å². The molecule has 2 aromatic rings. The first kappa shape index (κ1) is 22.2. The molecule has 31 heavy (non-hydrogen) atoms. The molecule has 1 amide bonds. The van der Waals surface area contributed by atoms with Crippen molar-refractivity contribution >= 4 is 37.3 Å². The smallest absolute Gasteiger partial charge is 0.263 e. The van der Waals surface area contributed by atoms with E-state index in [0.717, 1.165) is 54.4 Å². The number of carbonyl (C=O) groups excluding carboxylic acids is 1. The summed E-state index contributed by atoms with van der Waals surface area (Å²) in [6.07, 6.45) is 1.78. The number of thiophene rings is 1. The predicted octanol–water partition coefficient (Wildman–Crippen LogP) is 0.490. The molecule has 0 bridgehead atoms. The largest absolute Gasteiger partial charge is 0.493 e. The van der Waals surface area contributed by atoms with Crippen molar-refractivity contribution in [2.75, 3.05) is 32.5 Å². The maximum atomic E-state index is 13.3. The highest BCUT2D eigenvalue weighted by molar-refractivity contribution is 7.91. The molecule has 1 aromatic carbocycles. The van der Waals surface area contributed by atoms with Gasteiger partial charge in [0, 0.05) is 30.9 Å². The fourth-order valence-electron chi connectivity index (χ4n) is 3.69. The zero-order valence-electron chi connectivity index (χ0n) is 16.5. The topological polar surface area (TPSA) is 133 Å². The number of benzene rings is 1. The molecular weight excluding hydrogens is 466 g/mol. The van der Waals surface area contributed by atoms with Crippen LogP contribution in [0.15, 0.2) is 34.5 Å². The van der Waals surface area contributed by atoms with Gasteiger partial charge in [0.05, 0.1) is 12.9 Å². The minimum Gasteiger partial charge on any atom is -0.493 e. The SMILES string of the molecule is CS(=O)(=O)N1CCN(S(=O)(=O)c2ccc(-c3ccc4c(c3)CCO4)s2)[C@@H](C(=O)NO)C1. The van der Waals surface area contributed by atoms with Crippen molar-refractivity contribution in [3.8, 4) is 16.2 Å². The standard InChI is InChI=1S/C18H21N3O7S3/c1-30(24,25)20-7-8-21(14(11-20)18(22)19-23)31(26,27)17-5-4-16(29-17)13-2-3-15-12(10-13)6-9-28-15/h2-5,10,14,23H,6-9,11H2,1H3,(H,19,22)/t14-/m1/s1. The van der Waals surface area contributed by atoms with E-state index in [-0.39, 0.29) is 23.8 Å². The first-order valence-corrected chi connectivity index (χ1v) is 13.5. The molecule has 4 rings (SSSR count). The second-order valence-corrected chi connectivity index (χ2v) is 12.5. The molecular formula is C18H21N3O7S3. The van der Waals surface area contributed by atoms with Crippen molar-refractivity contribution in [3.63, 3.8) is 0 Å². The van der Waals surface area contributed by atoms with E-state index in [1.54, 1.807) is 6.07 Å². The number of ether oxygens (including phenoxy) is 1. The predicted molar refractivity (Wildman–Crippen MR) is 113 cm³/mol. The lowest BCUT2D eigenvalue weighted by atomic mass is 10.1. The molecule has 1 fully saturated rings. The van der Waals surface area contributed by atoms with Gasteiger partial charge in [0.1, 0.15) is 16.0 Å². The maximum absolute atomic E-state index is 13.3. The molecule has 2 aliphatic rings. The minimum absolute atomic E-state index is 0.0304. The lowest BCUT2D eigenvalue weighted by molar-refractivity contribution is -0.134. The monoisotopic (exact) mass is 487 g/mol. The number of sulfonamides is 2. The number of rotatable bonds is 5. The van der Waals surface area contributed by atoms with Crippen LogP contribution in [0, 0.1) is 0 Å². The Bertz CT molecular complexity index is 1220. The third-order valence-corrected chi connectivity index (χ3v) is 10.1. The Hall–Kier alpha value is -2.03. The molecule has 1 saturated heterocycles. The molecule has 13 heteroatoms. The number of hydrogen-bond donors (Lipinski definition) is 2. The number of hydrogen-bond acceptors (Lipinski definition) is 8. The lowest BCUT2D eigenvalue weighted by Crippen LogP contribution is -2.60. The van der Waals surface area contributed by atoms with Gasteiger partial charge >= 0.3 is 0 Å². The number of nitrogens with one attached hydrogen (secondary N) is 1. The molecule has 0 radical (unpaired) electrons. The minimum atomic E-state index is -4.10. The normalized spacial score (nSPS) is 20.3. The average Bonchev–Trinajstić information content (AvgIpc) is 3.41. The first-order chi connectivity index (χ1) is 14.6. The Labute approximate surface area is 184 Å². The fourth-order valence-corrected chi connectivity index (χ4v) is 7.52. The third kappa shape index (κ3) is 4.21. The van der Waals surface area contributed by atoms with Gasteiger partial charge in [-0.1, -0.05) is 0 Å². The van der Waals surface area contributed by atoms with Crippen molar-refractivity contribution in [1.82, 2.24) is 14.1 Å². The van der Waals surface area contributed by atoms with Crippen LogP contribution in [0.25, 0.3) is 10.4 Å². The van der Waals surface area contributed by atoms with Crippen LogP contribution < -0.4 is 10.2 Å². The molecule has 0 spiro atoms. The Kier molecular flexibility index (Phi) is 5.83. The summed E-state index contributed by atoms with van der Waals surface area (Å²) in [4.78, 5) is 12.9. The van der Waals surface area contributed by atoms with Crippen LogP contribution >= 0.6 is 11.3 Å². The van der Waals surface area contributed by atoms with Gasteiger partial charge < -0.3 is 4.74 Å². The van der Waals surface area contributed by atoms with Gasteiger partial charge in [-0.3, -0.25) is 10.0 Å². The molecule has 2 N–H and O–H groups in total. The zero-order chi connectivity index (χ0) is 22.4. The number of carbonyl (C=O) groups is 1. The van der Waals surface area contributed by atoms with E-state index in [1.165, 1.54) is 11.5 Å². The van der Waals surface area contributed by atoms with Gasteiger partial charge in [0.2, 0.25) is 10.0 Å². The summed E-state index contributed by atoms with van der Waals surface area (Å²) in [5, 5.41) is 9.06. The highest BCUT2D eigenvalue weighted by atomic mass is 32.2. The van der Waals surface area contributed by atoms with Crippen LogP contribution in [0.3, 0.4) is 0 Å². The van der Waals surface area contributed by atoms with E-state index in [0.29, 0.717) is 6.61 Å². The Morgan fingerprint density at radius 3 is 2.68 bits per heavy atom. The van der Waals surface area contributed by atoms with Crippen molar-refractivity contribution in [2.45, 2.75) is 16.7 Å². The molecule has 0 saturated carbocycles. The molecule has 1 atom stereocenters. The van der Waals surface area contributed by atoms with Crippen LogP contribution in [0.5, 0.6) is 5.75 Å². The number of nitrogens with zero attached hydrogens (tertiary/aromatic N) is 2. The number of amides is 1. The number of fused-ring (bicyclic) bond motifs is 1. The van der Waals surface area contributed by atoms with Crippen molar-refractivity contribution in [3.05, 3.63) is 35.9 Å². The summed E-state index contributed by atoms with van der Waals surface area (Å²) in [6.45, 7) is -0.0582. The fraction of sp³-hybridized carbons (Fsp3) is 0.389.